The van der Waals surface area contributed by atoms with Crippen LogP contribution in [-0.2, 0) is 22.6 Å². The molecular weight excluding hydrogens is 408 g/mol. The first-order chi connectivity index (χ1) is 15.4. The average molecular weight is 443 g/mol. The van der Waals surface area contributed by atoms with E-state index in [9.17, 15) is 14.4 Å². The first kappa shape index (κ1) is 22.7. The number of rotatable bonds is 5. The zero-order valence-corrected chi connectivity index (χ0v) is 19.3. The molecule has 2 fully saturated rings. The molecule has 1 aromatic carbocycles. The third-order valence-electron chi connectivity index (χ3n) is 6.72. The van der Waals surface area contributed by atoms with Crippen LogP contribution in [0.5, 0.6) is 0 Å². The maximum atomic E-state index is 13.1. The number of morpholine rings is 1. The Bertz CT molecular complexity index is 1070. The van der Waals surface area contributed by atoms with Gasteiger partial charge in [0, 0.05) is 39.3 Å². The van der Waals surface area contributed by atoms with Gasteiger partial charge in [0.1, 0.15) is 6.54 Å². The summed E-state index contributed by atoms with van der Waals surface area (Å²) in [7, 11) is 0. The maximum Gasteiger partial charge on any atom is 0.331 e. The van der Waals surface area contributed by atoms with Crippen LogP contribution in [0.25, 0.3) is 10.9 Å². The van der Waals surface area contributed by atoms with E-state index < -0.39 is 5.69 Å². The topological polar surface area (TPSA) is 76.8 Å². The standard InChI is InChI=1S/C24H34N4O4/c1-4-27-23(30)20-7-5-6-8-21(20)28(24(27)31)16-22(29)26-11-9-19(10-12-26)15-25-13-17(2)32-18(3)14-25/h5-8,17-19H,4,9-16H2,1-3H3. The summed E-state index contributed by atoms with van der Waals surface area (Å²) in [5.41, 5.74) is -0.203. The fourth-order valence-electron chi connectivity index (χ4n) is 5.20. The Kier molecular flexibility index (Phi) is 6.81. The highest BCUT2D eigenvalue weighted by Gasteiger charge is 2.28. The van der Waals surface area contributed by atoms with Crippen LogP contribution >= 0.6 is 0 Å². The lowest BCUT2D eigenvalue weighted by molar-refractivity contribution is -0.133. The minimum Gasteiger partial charge on any atom is -0.373 e. The molecule has 2 aromatic rings. The van der Waals surface area contributed by atoms with Crippen molar-refractivity contribution in [3.05, 3.63) is 45.1 Å². The Hall–Kier alpha value is -2.45. The van der Waals surface area contributed by atoms with Gasteiger partial charge in [-0.15, -0.1) is 0 Å². The summed E-state index contributed by atoms with van der Waals surface area (Å²) in [6.45, 7) is 10.6. The zero-order valence-electron chi connectivity index (χ0n) is 19.3. The fourth-order valence-corrected chi connectivity index (χ4v) is 5.20. The number of carbonyl (C=O) groups is 1. The number of para-hydroxylation sites is 1. The molecule has 0 N–H and O–H groups in total. The van der Waals surface area contributed by atoms with Crippen molar-refractivity contribution in [2.24, 2.45) is 5.92 Å². The number of ether oxygens (including phenoxy) is 1. The molecule has 2 aliphatic rings. The second-order valence-electron chi connectivity index (χ2n) is 9.24. The van der Waals surface area contributed by atoms with Gasteiger partial charge in [0.15, 0.2) is 0 Å². The highest BCUT2D eigenvalue weighted by Crippen LogP contribution is 2.21. The highest BCUT2D eigenvalue weighted by atomic mass is 16.5. The van der Waals surface area contributed by atoms with Crippen LogP contribution in [0.15, 0.2) is 33.9 Å². The molecule has 2 saturated heterocycles. The van der Waals surface area contributed by atoms with Crippen molar-refractivity contribution in [2.45, 2.75) is 58.9 Å². The van der Waals surface area contributed by atoms with Crippen LogP contribution in [0.3, 0.4) is 0 Å². The van der Waals surface area contributed by atoms with E-state index >= 15 is 0 Å². The molecular formula is C24H34N4O4. The van der Waals surface area contributed by atoms with Crippen LogP contribution in [-0.4, -0.2) is 69.8 Å². The Morgan fingerprint density at radius 3 is 2.34 bits per heavy atom. The molecule has 3 heterocycles. The lowest BCUT2D eigenvalue weighted by Gasteiger charge is -2.39. The molecule has 1 aromatic heterocycles. The SMILES string of the molecule is CCn1c(=O)c2ccccc2n(CC(=O)N2CCC(CN3CC(C)OC(C)C3)CC2)c1=O. The predicted molar refractivity (Wildman–Crippen MR) is 124 cm³/mol. The number of nitrogens with zero attached hydrogens (tertiary/aromatic N) is 4. The van der Waals surface area contributed by atoms with Crippen molar-refractivity contribution < 1.29 is 9.53 Å². The fraction of sp³-hybridized carbons (Fsp3) is 0.625. The Labute approximate surface area is 188 Å². The number of hydrogen-bond acceptors (Lipinski definition) is 5. The van der Waals surface area contributed by atoms with E-state index in [1.165, 1.54) is 9.13 Å². The molecule has 174 valence electrons. The van der Waals surface area contributed by atoms with Crippen molar-refractivity contribution in [1.82, 2.24) is 18.9 Å². The van der Waals surface area contributed by atoms with Gasteiger partial charge in [-0.05, 0) is 51.7 Å². The van der Waals surface area contributed by atoms with Gasteiger partial charge in [-0.3, -0.25) is 23.6 Å². The van der Waals surface area contributed by atoms with Crippen LogP contribution in [0.4, 0.5) is 0 Å². The summed E-state index contributed by atoms with van der Waals surface area (Å²) in [6, 6.07) is 7.02. The molecule has 0 bridgehead atoms. The molecule has 8 heteroatoms. The summed E-state index contributed by atoms with van der Waals surface area (Å²) < 4.78 is 8.48. The van der Waals surface area contributed by atoms with E-state index in [0.717, 1.165) is 32.5 Å². The molecule has 8 nitrogen and oxygen atoms in total. The quantitative estimate of drug-likeness (QED) is 0.702. The molecule has 0 aliphatic carbocycles. The van der Waals surface area contributed by atoms with Crippen molar-refractivity contribution in [3.8, 4) is 0 Å². The second-order valence-corrected chi connectivity index (χ2v) is 9.24. The molecule has 4 rings (SSSR count). The first-order valence-corrected chi connectivity index (χ1v) is 11.7. The van der Waals surface area contributed by atoms with Gasteiger partial charge in [-0.25, -0.2) is 4.79 Å². The average Bonchev–Trinajstić information content (AvgIpc) is 2.77. The molecule has 2 atom stereocenters. The smallest absolute Gasteiger partial charge is 0.331 e. The number of fused-ring (bicyclic) bond motifs is 1. The van der Waals surface area contributed by atoms with Gasteiger partial charge in [0.05, 0.1) is 23.1 Å². The van der Waals surface area contributed by atoms with E-state index in [1.54, 1.807) is 31.2 Å². The Morgan fingerprint density at radius 2 is 1.69 bits per heavy atom. The molecule has 1 amide bonds. The zero-order chi connectivity index (χ0) is 22.8. The van der Waals surface area contributed by atoms with Crippen molar-refractivity contribution in [2.75, 3.05) is 32.7 Å². The third kappa shape index (κ3) is 4.66. The monoisotopic (exact) mass is 442 g/mol. The molecule has 2 aliphatic heterocycles. The number of aromatic nitrogens is 2. The number of hydrogen-bond donors (Lipinski definition) is 0. The first-order valence-electron chi connectivity index (χ1n) is 11.7. The van der Waals surface area contributed by atoms with Crippen molar-refractivity contribution in [3.63, 3.8) is 0 Å². The molecule has 0 saturated carbocycles. The Morgan fingerprint density at radius 1 is 1.03 bits per heavy atom. The number of likely N-dealkylation sites (tertiary alicyclic amines) is 1. The van der Waals surface area contributed by atoms with Crippen molar-refractivity contribution >= 4 is 16.8 Å². The highest BCUT2D eigenvalue weighted by molar-refractivity contribution is 5.81. The lowest BCUT2D eigenvalue weighted by Crippen LogP contribution is -2.49. The third-order valence-corrected chi connectivity index (χ3v) is 6.72. The summed E-state index contributed by atoms with van der Waals surface area (Å²) in [5, 5.41) is 0.467. The van der Waals surface area contributed by atoms with E-state index in [4.69, 9.17) is 4.74 Å². The Balaban J connectivity index is 1.42. The second kappa shape index (κ2) is 9.58. The van der Waals surface area contributed by atoms with E-state index in [-0.39, 0.29) is 36.8 Å². The van der Waals surface area contributed by atoms with Crippen LogP contribution in [0.2, 0.25) is 0 Å². The van der Waals surface area contributed by atoms with Gasteiger partial charge in [0.2, 0.25) is 5.91 Å². The number of amides is 1. The molecule has 0 radical (unpaired) electrons. The number of carbonyl (C=O) groups excluding carboxylic acids is 1. The summed E-state index contributed by atoms with van der Waals surface area (Å²) in [6.07, 6.45) is 2.46. The minimum atomic E-state index is -0.421. The largest absolute Gasteiger partial charge is 0.373 e. The molecule has 2 unspecified atom stereocenters. The van der Waals surface area contributed by atoms with Crippen LogP contribution < -0.4 is 11.2 Å². The summed E-state index contributed by atoms with van der Waals surface area (Å²) in [4.78, 5) is 43.0. The van der Waals surface area contributed by atoms with E-state index in [1.807, 2.05) is 4.90 Å². The van der Waals surface area contributed by atoms with Crippen LogP contribution in [0.1, 0.15) is 33.6 Å². The summed E-state index contributed by atoms with van der Waals surface area (Å²) in [5.74, 6) is 0.507. The van der Waals surface area contributed by atoms with E-state index in [2.05, 4.69) is 18.7 Å². The van der Waals surface area contributed by atoms with Gasteiger partial charge < -0.3 is 9.64 Å². The number of piperidine rings is 1. The summed E-state index contributed by atoms with van der Waals surface area (Å²) >= 11 is 0. The van der Waals surface area contributed by atoms with Crippen molar-refractivity contribution in [1.29, 1.82) is 0 Å². The molecule has 32 heavy (non-hydrogen) atoms. The number of benzene rings is 1. The molecule has 0 spiro atoms. The minimum absolute atomic E-state index is 0.0389. The maximum absolute atomic E-state index is 13.1. The van der Waals surface area contributed by atoms with Gasteiger partial charge >= 0.3 is 5.69 Å². The van der Waals surface area contributed by atoms with Gasteiger partial charge in [0.25, 0.3) is 5.56 Å². The van der Waals surface area contributed by atoms with Gasteiger partial charge in [-0.1, -0.05) is 12.1 Å². The normalized spacial score (nSPS) is 23.0. The van der Waals surface area contributed by atoms with Gasteiger partial charge in [-0.2, -0.15) is 0 Å². The lowest BCUT2D eigenvalue weighted by atomic mass is 9.95. The van der Waals surface area contributed by atoms with E-state index in [0.29, 0.717) is 29.9 Å². The van der Waals surface area contributed by atoms with Crippen LogP contribution in [0, 0.1) is 5.92 Å². The predicted octanol–water partition coefficient (Wildman–Crippen LogP) is 1.53.